The lowest BCUT2D eigenvalue weighted by molar-refractivity contribution is -0.332. The van der Waals surface area contributed by atoms with E-state index in [-0.39, 0.29) is 12.4 Å². The lowest BCUT2D eigenvalue weighted by Crippen LogP contribution is -2.59. The fraction of sp³-hybridized carbons (Fsp3) is 1.00. The van der Waals surface area contributed by atoms with Crippen LogP contribution in [-0.2, 0) is 23.7 Å². The monoisotopic (exact) mass is 489 g/mol. The van der Waals surface area contributed by atoms with Crippen molar-refractivity contribution in [2.24, 2.45) is 0 Å². The Morgan fingerprint density at radius 2 is 1.44 bits per heavy atom. The van der Waals surface area contributed by atoms with Crippen molar-refractivity contribution in [3.05, 3.63) is 0 Å². The molecule has 3 aliphatic rings. The Hall–Kier alpha value is -0.360. The Morgan fingerprint density at radius 3 is 2.12 bits per heavy atom. The molecule has 3 saturated heterocycles. The van der Waals surface area contributed by atoms with Crippen LogP contribution in [0.25, 0.3) is 0 Å². The topological polar surface area (TPSA) is 122 Å². The van der Waals surface area contributed by atoms with Gasteiger partial charge in [0.15, 0.2) is 18.9 Å². The van der Waals surface area contributed by atoms with Crippen molar-refractivity contribution in [2.45, 2.75) is 147 Å². The number of aliphatic hydroxyl groups is 3. The molecule has 0 aromatic heterocycles. The van der Waals surface area contributed by atoms with E-state index in [9.17, 15) is 15.3 Å². The molecule has 0 saturated carbocycles. The molecule has 0 spiro atoms. The number of hydrogen-bond acceptors (Lipinski definition) is 9. The van der Waals surface area contributed by atoms with E-state index >= 15 is 0 Å². The molecule has 9 nitrogen and oxygen atoms in total. The second kappa shape index (κ2) is 14.4. The first-order valence-electron chi connectivity index (χ1n) is 13.4. The highest BCUT2D eigenvalue weighted by atomic mass is 16.8. The summed E-state index contributed by atoms with van der Waals surface area (Å²) in [6.07, 6.45) is 4.69. The predicted molar refractivity (Wildman–Crippen MR) is 126 cm³/mol. The summed E-state index contributed by atoms with van der Waals surface area (Å²) in [7, 11) is 0. The number of epoxide rings is 1. The van der Waals surface area contributed by atoms with Crippen LogP contribution in [0.2, 0.25) is 0 Å². The predicted octanol–water partition coefficient (Wildman–Crippen LogP) is 2.20. The minimum Gasteiger partial charge on any atom is -0.388 e. The molecule has 200 valence electrons. The van der Waals surface area contributed by atoms with Crippen molar-refractivity contribution in [1.29, 1.82) is 0 Å². The number of aliphatic hydroxyl groups excluding tert-OH is 3. The van der Waals surface area contributed by atoms with Crippen LogP contribution in [0.1, 0.15) is 85.0 Å². The van der Waals surface area contributed by atoms with Crippen LogP contribution < -0.4 is 5.32 Å². The zero-order valence-electron chi connectivity index (χ0n) is 21.1. The molecule has 0 bridgehead atoms. The third kappa shape index (κ3) is 8.94. The molecule has 3 fully saturated rings. The van der Waals surface area contributed by atoms with Gasteiger partial charge in [-0.1, -0.05) is 58.8 Å². The number of rotatable bonds is 16. The molecule has 34 heavy (non-hydrogen) atoms. The fourth-order valence-electron chi connectivity index (χ4n) is 4.59. The van der Waals surface area contributed by atoms with Gasteiger partial charge in [0.1, 0.15) is 30.5 Å². The second-order valence-corrected chi connectivity index (χ2v) is 10.3. The van der Waals surface area contributed by atoms with Crippen molar-refractivity contribution in [3.63, 3.8) is 0 Å². The van der Waals surface area contributed by atoms with Crippen molar-refractivity contribution in [2.75, 3.05) is 13.2 Å². The standard InChI is InChI=1S/C25H47NO8/c1-16(2)26-13-11-9-7-5-4-6-8-10-12-14-30-23-18(15-19-24(32-19)34-23)33-25-22(29)21(28)20(27)17(3)31-25/h16-29H,4-15H2,1-3H3/t17?,18?,19-,20+,21?,22+,23-,24?,25?/m1/s1. The van der Waals surface area contributed by atoms with Gasteiger partial charge < -0.3 is 44.3 Å². The van der Waals surface area contributed by atoms with Gasteiger partial charge in [0.25, 0.3) is 0 Å². The van der Waals surface area contributed by atoms with Crippen LogP contribution in [0.3, 0.4) is 0 Å². The highest BCUT2D eigenvalue weighted by Crippen LogP contribution is 2.38. The first-order chi connectivity index (χ1) is 16.4. The van der Waals surface area contributed by atoms with E-state index in [1.165, 1.54) is 44.9 Å². The van der Waals surface area contributed by atoms with E-state index in [2.05, 4.69) is 19.2 Å². The van der Waals surface area contributed by atoms with Gasteiger partial charge in [-0.25, -0.2) is 0 Å². The number of unbranched alkanes of at least 4 members (excludes halogenated alkanes) is 8. The minimum atomic E-state index is -1.35. The average Bonchev–Trinajstić information content (AvgIpc) is 3.57. The first-order valence-corrected chi connectivity index (χ1v) is 13.4. The normalized spacial score (nSPS) is 37.7. The SMILES string of the molecule is CC(C)NCCCCCCCCCCCO[C@@H]1OC2O[C@@H]2CC1OC1OC(C)[C@H](O)C(O)[C@@H]1O. The zero-order valence-corrected chi connectivity index (χ0v) is 21.1. The number of fused-ring (bicyclic) bond motifs is 1. The van der Waals surface area contributed by atoms with Gasteiger partial charge in [0, 0.05) is 19.1 Å². The lowest BCUT2D eigenvalue weighted by Gasteiger charge is -2.41. The summed E-state index contributed by atoms with van der Waals surface area (Å²) in [5.74, 6) is 0. The molecule has 3 rings (SSSR count). The average molecular weight is 490 g/mol. The molecule has 9 atom stereocenters. The summed E-state index contributed by atoms with van der Waals surface area (Å²) in [4.78, 5) is 0. The molecule has 3 aliphatic heterocycles. The maximum Gasteiger partial charge on any atom is 0.187 e. The van der Waals surface area contributed by atoms with E-state index in [1.54, 1.807) is 6.92 Å². The number of ether oxygens (including phenoxy) is 5. The first kappa shape index (κ1) is 28.2. The van der Waals surface area contributed by atoms with E-state index in [0.717, 1.165) is 19.4 Å². The van der Waals surface area contributed by atoms with Crippen LogP contribution in [0.4, 0.5) is 0 Å². The van der Waals surface area contributed by atoms with E-state index < -0.39 is 43.1 Å². The summed E-state index contributed by atoms with van der Waals surface area (Å²) in [6.45, 7) is 7.70. The van der Waals surface area contributed by atoms with Crippen molar-refractivity contribution in [3.8, 4) is 0 Å². The molecule has 0 amide bonds. The third-order valence-electron chi connectivity index (χ3n) is 6.85. The van der Waals surface area contributed by atoms with Crippen LogP contribution in [-0.4, -0.2) is 90.0 Å². The lowest BCUT2D eigenvalue weighted by atomic mass is 10.00. The van der Waals surface area contributed by atoms with Gasteiger partial charge >= 0.3 is 0 Å². The Balaban J connectivity index is 1.25. The molecular formula is C25H47NO8. The van der Waals surface area contributed by atoms with Gasteiger partial charge in [0.05, 0.1) is 6.10 Å². The molecule has 9 heteroatoms. The van der Waals surface area contributed by atoms with Crippen LogP contribution in [0, 0.1) is 0 Å². The minimum absolute atomic E-state index is 0.0370. The highest BCUT2D eigenvalue weighted by Gasteiger charge is 2.53. The Morgan fingerprint density at radius 1 is 0.794 bits per heavy atom. The van der Waals surface area contributed by atoms with Crippen molar-refractivity contribution < 1.29 is 39.0 Å². The second-order valence-electron chi connectivity index (χ2n) is 10.3. The smallest absolute Gasteiger partial charge is 0.187 e. The molecule has 0 aromatic carbocycles. The maximum absolute atomic E-state index is 10.3. The van der Waals surface area contributed by atoms with E-state index in [1.807, 2.05) is 0 Å². The van der Waals surface area contributed by atoms with Crippen LogP contribution in [0.5, 0.6) is 0 Å². The Kier molecular flexibility index (Phi) is 11.9. The summed E-state index contributed by atoms with van der Waals surface area (Å²) in [5.41, 5.74) is 0. The van der Waals surface area contributed by atoms with Gasteiger partial charge in [-0.2, -0.15) is 0 Å². The Labute approximate surface area is 204 Å². The van der Waals surface area contributed by atoms with Gasteiger partial charge in [0.2, 0.25) is 0 Å². The highest BCUT2D eigenvalue weighted by molar-refractivity contribution is 4.91. The van der Waals surface area contributed by atoms with Crippen LogP contribution >= 0.6 is 0 Å². The summed E-state index contributed by atoms with van der Waals surface area (Å²) in [5, 5.41) is 33.6. The van der Waals surface area contributed by atoms with Crippen LogP contribution in [0.15, 0.2) is 0 Å². The van der Waals surface area contributed by atoms with E-state index in [0.29, 0.717) is 19.1 Å². The molecule has 4 N–H and O–H groups in total. The number of hydrogen-bond donors (Lipinski definition) is 4. The maximum atomic E-state index is 10.3. The van der Waals surface area contributed by atoms with Gasteiger partial charge in [-0.15, -0.1) is 0 Å². The summed E-state index contributed by atoms with van der Waals surface area (Å²) < 4.78 is 28.7. The van der Waals surface area contributed by atoms with Crippen molar-refractivity contribution in [1.82, 2.24) is 5.32 Å². The van der Waals surface area contributed by atoms with Gasteiger partial charge in [-0.05, 0) is 26.3 Å². The fourth-order valence-corrected chi connectivity index (χ4v) is 4.59. The van der Waals surface area contributed by atoms with E-state index in [4.69, 9.17) is 23.7 Å². The molecule has 0 aliphatic carbocycles. The van der Waals surface area contributed by atoms with Crippen molar-refractivity contribution >= 4 is 0 Å². The zero-order chi connectivity index (χ0) is 24.5. The quantitative estimate of drug-likeness (QED) is 0.191. The summed E-state index contributed by atoms with van der Waals surface area (Å²) in [6, 6.07) is 0.581. The molecule has 5 unspecified atom stereocenters. The largest absolute Gasteiger partial charge is 0.388 e. The summed E-state index contributed by atoms with van der Waals surface area (Å²) >= 11 is 0. The molecule has 0 aromatic rings. The molecule has 0 radical (unpaired) electrons. The molecule has 3 heterocycles. The molecular weight excluding hydrogens is 442 g/mol. The Bertz CT molecular complexity index is 567. The third-order valence-corrected chi connectivity index (χ3v) is 6.85. The van der Waals surface area contributed by atoms with Gasteiger partial charge in [-0.3, -0.25) is 0 Å². The number of nitrogens with one attached hydrogen (secondary N) is 1.